The van der Waals surface area contributed by atoms with Gasteiger partial charge in [-0.2, -0.15) is 0 Å². The molecule has 196 valence electrons. The van der Waals surface area contributed by atoms with E-state index in [1.54, 1.807) is 7.11 Å². The van der Waals surface area contributed by atoms with Crippen LogP contribution in [0.5, 0.6) is 5.88 Å². The number of ether oxygens (including phenoxy) is 1. The van der Waals surface area contributed by atoms with Crippen LogP contribution >= 0.6 is 0 Å². The lowest BCUT2D eigenvalue weighted by Crippen LogP contribution is -2.68. The van der Waals surface area contributed by atoms with Crippen LogP contribution in [0.2, 0.25) is 0 Å². The molecule has 2 aromatic heterocycles. The lowest BCUT2D eigenvalue weighted by molar-refractivity contribution is -0.0841. The van der Waals surface area contributed by atoms with E-state index >= 15 is 0 Å². The van der Waals surface area contributed by atoms with Gasteiger partial charge in [-0.05, 0) is 58.2 Å². The molecule has 5 fully saturated rings. The summed E-state index contributed by atoms with van der Waals surface area (Å²) in [4.78, 5) is 19.2. The van der Waals surface area contributed by atoms with Gasteiger partial charge in [0.1, 0.15) is 0 Å². The van der Waals surface area contributed by atoms with Gasteiger partial charge >= 0.3 is 0 Å². The molecular formula is C29H44N6O. The van der Waals surface area contributed by atoms with Crippen molar-refractivity contribution in [3.05, 3.63) is 54.0 Å². The van der Waals surface area contributed by atoms with Crippen LogP contribution in [0.15, 0.2) is 42.7 Å². The smallest absolute Gasteiger partial charge is 0.212 e. The molecule has 5 aliphatic heterocycles. The zero-order valence-electron chi connectivity index (χ0n) is 22.8. The molecule has 7 heterocycles. The predicted molar refractivity (Wildman–Crippen MR) is 144 cm³/mol. The van der Waals surface area contributed by atoms with Gasteiger partial charge in [-0.25, -0.2) is 4.98 Å². The minimum atomic E-state index is 0.676. The monoisotopic (exact) mass is 492 g/mol. The molecular weight excluding hydrogens is 448 g/mol. The Morgan fingerprint density at radius 2 is 1.36 bits per heavy atom. The zero-order chi connectivity index (χ0) is 25.2. The van der Waals surface area contributed by atoms with E-state index in [9.17, 15) is 0 Å². The Hall–Kier alpha value is -2.06. The molecule has 7 rings (SSSR count). The maximum absolute atomic E-state index is 5.10. The van der Waals surface area contributed by atoms with Crippen LogP contribution in [0, 0.1) is 0 Å². The van der Waals surface area contributed by atoms with Crippen molar-refractivity contribution in [1.82, 2.24) is 29.6 Å². The van der Waals surface area contributed by atoms with Crippen molar-refractivity contribution in [3.63, 3.8) is 0 Å². The van der Waals surface area contributed by atoms with Crippen molar-refractivity contribution in [2.75, 3.05) is 33.3 Å². The van der Waals surface area contributed by atoms with Gasteiger partial charge in [0.25, 0.3) is 0 Å². The third-order valence-electron chi connectivity index (χ3n) is 8.65. The van der Waals surface area contributed by atoms with E-state index in [2.05, 4.69) is 75.5 Å². The van der Waals surface area contributed by atoms with Gasteiger partial charge in [0.15, 0.2) is 0 Å². The second-order valence-corrected chi connectivity index (χ2v) is 11.6. The van der Waals surface area contributed by atoms with E-state index in [0.717, 1.165) is 37.3 Å². The van der Waals surface area contributed by atoms with Gasteiger partial charge in [-0.3, -0.25) is 24.6 Å². The van der Waals surface area contributed by atoms with E-state index in [-0.39, 0.29) is 0 Å². The summed E-state index contributed by atoms with van der Waals surface area (Å²) in [5, 5.41) is 0. The molecule has 5 aliphatic rings. The summed E-state index contributed by atoms with van der Waals surface area (Å²) in [6.07, 6.45) is 6.58. The Morgan fingerprint density at radius 1 is 0.778 bits per heavy atom. The molecule has 0 N–H and O–H groups in total. The fourth-order valence-electron chi connectivity index (χ4n) is 6.31. The second-order valence-electron chi connectivity index (χ2n) is 11.6. The molecule has 0 aliphatic carbocycles. The summed E-state index contributed by atoms with van der Waals surface area (Å²) in [7, 11) is 1.66. The number of rotatable bonds is 7. The van der Waals surface area contributed by atoms with E-state index in [0.29, 0.717) is 18.0 Å². The Morgan fingerprint density at radius 3 is 1.81 bits per heavy atom. The SMILES string of the molecule is CC(C)N1CC2CC(C1)N2Cc1ccccn1.COc1ccc(CN2C3CC2CN(C(C)C)C3)cn1. The van der Waals surface area contributed by atoms with Crippen molar-refractivity contribution in [2.24, 2.45) is 0 Å². The summed E-state index contributed by atoms with van der Waals surface area (Å²) >= 11 is 0. The van der Waals surface area contributed by atoms with Crippen LogP contribution in [0.3, 0.4) is 0 Å². The lowest BCUT2D eigenvalue weighted by Gasteiger charge is -2.57. The number of methoxy groups -OCH3 is 1. The normalized spacial score (nSPS) is 28.3. The van der Waals surface area contributed by atoms with E-state index in [4.69, 9.17) is 4.74 Å². The molecule has 2 aromatic rings. The molecule has 7 heteroatoms. The number of hydrogen-bond acceptors (Lipinski definition) is 7. The van der Waals surface area contributed by atoms with Crippen molar-refractivity contribution >= 4 is 0 Å². The lowest BCUT2D eigenvalue weighted by atomic mass is 9.86. The number of fused-ring (bicyclic) bond motifs is 4. The van der Waals surface area contributed by atoms with Gasteiger partial charge in [-0.1, -0.05) is 12.1 Å². The molecule has 0 radical (unpaired) electrons. The average molecular weight is 493 g/mol. The Balaban J connectivity index is 0.000000149. The van der Waals surface area contributed by atoms with Crippen LogP contribution in [-0.4, -0.2) is 99.1 Å². The number of piperidine rings is 2. The first kappa shape index (κ1) is 25.6. The molecule has 4 bridgehead atoms. The molecule has 0 saturated carbocycles. The van der Waals surface area contributed by atoms with Crippen molar-refractivity contribution in [2.45, 2.75) is 89.9 Å². The van der Waals surface area contributed by atoms with Crippen molar-refractivity contribution in [1.29, 1.82) is 0 Å². The third-order valence-corrected chi connectivity index (χ3v) is 8.65. The summed E-state index contributed by atoms with van der Waals surface area (Å²) in [6, 6.07) is 14.6. The van der Waals surface area contributed by atoms with Gasteiger partial charge in [0, 0.05) is 94.0 Å². The van der Waals surface area contributed by atoms with Crippen molar-refractivity contribution < 1.29 is 4.74 Å². The zero-order valence-corrected chi connectivity index (χ0v) is 22.8. The van der Waals surface area contributed by atoms with Crippen LogP contribution in [0.4, 0.5) is 0 Å². The molecule has 4 atom stereocenters. The van der Waals surface area contributed by atoms with Gasteiger partial charge in [0.2, 0.25) is 5.88 Å². The third kappa shape index (κ3) is 5.59. The number of pyridine rings is 2. The van der Waals surface area contributed by atoms with Crippen LogP contribution in [0.1, 0.15) is 51.8 Å². The van der Waals surface area contributed by atoms with Crippen molar-refractivity contribution in [3.8, 4) is 5.88 Å². The van der Waals surface area contributed by atoms with Gasteiger partial charge in [0.05, 0.1) is 12.8 Å². The first-order chi connectivity index (χ1) is 17.4. The highest BCUT2D eigenvalue weighted by atomic mass is 16.5. The summed E-state index contributed by atoms with van der Waals surface area (Å²) in [5.41, 5.74) is 2.49. The average Bonchev–Trinajstić information content (AvgIpc) is 2.91. The minimum absolute atomic E-state index is 0.676. The number of likely N-dealkylation sites (tertiary alicyclic amines) is 2. The Bertz CT molecular complexity index is 943. The molecule has 5 saturated heterocycles. The number of nitrogens with zero attached hydrogens (tertiary/aromatic N) is 6. The molecule has 0 aromatic carbocycles. The highest BCUT2D eigenvalue weighted by Gasteiger charge is 2.45. The number of hydrogen-bond donors (Lipinski definition) is 0. The Labute approximate surface area is 217 Å². The standard InChI is InChI=1S/C15H23N3O.C14H21N3/c1-11(2)17-9-13-6-14(10-17)18(13)8-12-4-5-15(19-3)16-7-12;1-11(2)16-9-13-7-14(10-16)17(13)8-12-5-3-4-6-15-12/h4-5,7,11,13-14H,6,8-10H2,1-3H3;3-6,11,13-14H,7-10H2,1-2H3. The van der Waals surface area contributed by atoms with Crippen LogP contribution in [-0.2, 0) is 13.1 Å². The molecule has 7 nitrogen and oxygen atoms in total. The highest BCUT2D eigenvalue weighted by molar-refractivity contribution is 5.19. The Kier molecular flexibility index (Phi) is 7.91. The quantitative estimate of drug-likeness (QED) is 0.586. The number of piperazine rings is 2. The maximum atomic E-state index is 5.10. The number of aromatic nitrogens is 2. The van der Waals surface area contributed by atoms with Crippen LogP contribution < -0.4 is 4.74 Å². The first-order valence-corrected chi connectivity index (χ1v) is 13.8. The molecule has 0 spiro atoms. The largest absolute Gasteiger partial charge is 0.481 e. The van der Waals surface area contributed by atoms with Crippen LogP contribution in [0.25, 0.3) is 0 Å². The summed E-state index contributed by atoms with van der Waals surface area (Å²) in [6.45, 7) is 16.2. The second kappa shape index (κ2) is 11.1. The fourth-order valence-corrected chi connectivity index (χ4v) is 6.31. The molecule has 0 amide bonds. The van der Waals surface area contributed by atoms with E-state index < -0.39 is 0 Å². The minimum Gasteiger partial charge on any atom is -0.481 e. The molecule has 36 heavy (non-hydrogen) atoms. The topological polar surface area (TPSA) is 48.0 Å². The van der Waals surface area contributed by atoms with Gasteiger partial charge in [-0.15, -0.1) is 0 Å². The van der Waals surface area contributed by atoms with Gasteiger partial charge < -0.3 is 4.74 Å². The van der Waals surface area contributed by atoms with E-state index in [1.165, 1.54) is 50.3 Å². The summed E-state index contributed by atoms with van der Waals surface area (Å²) < 4.78 is 5.10. The van der Waals surface area contributed by atoms with E-state index in [1.807, 2.05) is 24.5 Å². The highest BCUT2D eigenvalue weighted by Crippen LogP contribution is 2.35. The fraction of sp³-hybridized carbons (Fsp3) is 0.655. The molecule has 4 unspecified atom stereocenters. The first-order valence-electron chi connectivity index (χ1n) is 13.8. The summed E-state index contributed by atoms with van der Waals surface area (Å²) in [5.74, 6) is 0.693. The maximum Gasteiger partial charge on any atom is 0.212 e. The predicted octanol–water partition coefficient (Wildman–Crippen LogP) is 3.51.